The van der Waals surface area contributed by atoms with E-state index in [1.54, 1.807) is 0 Å². The molecule has 0 bridgehead atoms. The van der Waals surface area contributed by atoms with Crippen LogP contribution < -0.4 is 0 Å². The summed E-state index contributed by atoms with van der Waals surface area (Å²) in [6, 6.07) is 0. The summed E-state index contributed by atoms with van der Waals surface area (Å²) in [5.41, 5.74) is 0. The number of rotatable bonds is 12. The van der Waals surface area contributed by atoms with Crippen molar-refractivity contribution in [2.45, 2.75) is 73.7 Å². The molecule has 0 radical (unpaired) electrons. The Morgan fingerprint density at radius 2 is 0.750 bits per heavy atom. The molecule has 0 rings (SSSR count). The van der Waals surface area contributed by atoms with E-state index >= 15 is 0 Å². The van der Waals surface area contributed by atoms with E-state index in [1.807, 2.05) is 0 Å². The van der Waals surface area contributed by atoms with E-state index in [4.69, 9.17) is 0 Å². The van der Waals surface area contributed by atoms with Gasteiger partial charge in [-0.1, -0.05) is 0 Å². The van der Waals surface area contributed by atoms with Crippen molar-refractivity contribution in [2.75, 3.05) is 0 Å². The van der Waals surface area contributed by atoms with Crippen molar-refractivity contribution in [3.8, 4) is 0 Å². The van der Waals surface area contributed by atoms with Gasteiger partial charge in [-0.15, -0.1) is 0 Å². The first-order valence-corrected chi connectivity index (χ1v) is 10.3. The van der Waals surface area contributed by atoms with Gasteiger partial charge >= 0.3 is 167 Å². The van der Waals surface area contributed by atoms with E-state index in [0.29, 0.717) is 0 Å². The van der Waals surface area contributed by atoms with Crippen LogP contribution in [0.2, 0.25) is 12.9 Å². The molecule has 0 spiro atoms. The number of Topliss-reactive ketones (excluding diaryl/α,β-unsaturated/α-hetero) is 3. The van der Waals surface area contributed by atoms with Crippen LogP contribution in [0.25, 0.3) is 0 Å². The van der Waals surface area contributed by atoms with E-state index in [9.17, 15) is 44.1 Å². The van der Waals surface area contributed by atoms with Crippen LogP contribution in [0.3, 0.4) is 0 Å². The summed E-state index contributed by atoms with van der Waals surface area (Å²) >= 11 is -3.36. The molecule has 28 heavy (non-hydrogen) atoms. The predicted octanol–water partition coefficient (Wildman–Crippen LogP) is 2.33. The summed E-state index contributed by atoms with van der Waals surface area (Å²) in [4.78, 5) is 74.9. The molecule has 0 aromatic carbocycles. The second-order valence-electron chi connectivity index (χ2n) is 6.25. The molecule has 3 N–H and O–H groups in total. The summed E-state index contributed by atoms with van der Waals surface area (Å²) in [7, 11) is 0. The van der Waals surface area contributed by atoms with Gasteiger partial charge in [-0.2, -0.15) is 0 Å². The molecule has 0 heterocycles. The van der Waals surface area contributed by atoms with Crippen molar-refractivity contribution in [2.24, 2.45) is 0 Å². The first-order valence-electron chi connectivity index (χ1n) is 8.61. The monoisotopic (exact) mass is 443 g/mol. The number of carboxylic acids is 3. The molecular weight excluding hydrogens is 416 g/mol. The Balaban J connectivity index is 7.95. The molecule has 0 amide bonds. The van der Waals surface area contributed by atoms with Crippen LogP contribution in [-0.4, -0.2) is 50.6 Å². The number of hydrogen-bond acceptors (Lipinski definition) is 6. The maximum atomic E-state index is 12.6. The van der Waals surface area contributed by atoms with Gasteiger partial charge in [0.25, 0.3) is 0 Å². The number of carbonyl (C=O) groups excluding carboxylic acids is 3. The van der Waals surface area contributed by atoms with E-state index in [1.165, 1.54) is 20.8 Å². The Kier molecular flexibility index (Phi) is 8.30. The second kappa shape index (κ2) is 8.96. The Bertz CT molecular complexity index is 573. The Hall–Kier alpha value is -2.06. The van der Waals surface area contributed by atoms with Gasteiger partial charge in [0.15, 0.2) is 0 Å². The molecule has 9 nitrogen and oxygen atoms in total. The molecular formula is C18H27FeO9. The molecule has 3 unspecified atom stereocenters. The third-order valence-corrected chi connectivity index (χ3v) is 10.9. The van der Waals surface area contributed by atoms with E-state index < -0.39 is 81.4 Å². The first kappa shape index (κ1) is 25.9. The van der Waals surface area contributed by atoms with Gasteiger partial charge < -0.3 is 0 Å². The minimum atomic E-state index is -3.36. The average molecular weight is 443 g/mol. The molecule has 3 atom stereocenters. The van der Waals surface area contributed by atoms with Gasteiger partial charge in [0.05, 0.1) is 0 Å². The zero-order valence-corrected chi connectivity index (χ0v) is 17.9. The third kappa shape index (κ3) is 3.39. The molecule has 0 fully saturated rings. The predicted molar refractivity (Wildman–Crippen MR) is 93.9 cm³/mol. The summed E-state index contributed by atoms with van der Waals surface area (Å²) in [6.07, 6.45) is -1.37. The van der Waals surface area contributed by atoms with E-state index in [2.05, 4.69) is 0 Å². The molecule has 161 valence electrons. The maximum absolute atomic E-state index is 12.6. The Morgan fingerprint density at radius 1 is 0.571 bits per heavy atom. The van der Waals surface area contributed by atoms with Crippen LogP contribution in [0.4, 0.5) is 0 Å². The molecule has 0 aromatic rings. The Labute approximate surface area is 167 Å². The van der Waals surface area contributed by atoms with Crippen LogP contribution in [-0.2, 0) is 42.7 Å². The van der Waals surface area contributed by atoms with Crippen molar-refractivity contribution in [3.05, 3.63) is 0 Å². The zero-order chi connectivity index (χ0) is 22.7. The second-order valence-corrected chi connectivity index (χ2v) is 9.91. The fourth-order valence-electron chi connectivity index (χ4n) is 3.40. The molecule has 0 aliphatic heterocycles. The van der Waals surface area contributed by atoms with Crippen LogP contribution >= 0.6 is 0 Å². The van der Waals surface area contributed by atoms with Crippen molar-refractivity contribution in [3.63, 3.8) is 0 Å². The normalized spacial score (nSPS) is 18.0. The Morgan fingerprint density at radius 3 is 0.821 bits per heavy atom. The van der Waals surface area contributed by atoms with Gasteiger partial charge in [0.1, 0.15) is 0 Å². The van der Waals surface area contributed by atoms with Crippen LogP contribution in [0, 0.1) is 0 Å². The van der Waals surface area contributed by atoms with Gasteiger partial charge in [-0.25, -0.2) is 0 Å². The van der Waals surface area contributed by atoms with Gasteiger partial charge in [0, 0.05) is 0 Å². The van der Waals surface area contributed by atoms with E-state index in [-0.39, 0.29) is 0 Å². The summed E-state index contributed by atoms with van der Waals surface area (Å²) in [5, 5.41) is 30.0. The topological polar surface area (TPSA) is 163 Å². The van der Waals surface area contributed by atoms with Crippen molar-refractivity contribution in [1.29, 1.82) is 0 Å². The van der Waals surface area contributed by atoms with Crippen LogP contribution in [0.5, 0.6) is 0 Å². The zero-order valence-electron chi connectivity index (χ0n) is 16.8. The van der Waals surface area contributed by atoms with Crippen LogP contribution in [0.1, 0.15) is 60.8 Å². The van der Waals surface area contributed by atoms with Crippen LogP contribution in [0.15, 0.2) is 0 Å². The van der Waals surface area contributed by atoms with Crippen molar-refractivity contribution in [1.82, 2.24) is 0 Å². The molecule has 10 heteroatoms. The minimum absolute atomic E-state index is 0.456. The number of hydrogen-bond donors (Lipinski definition) is 3. The molecule has 0 aromatic heterocycles. The summed E-state index contributed by atoms with van der Waals surface area (Å²) < 4.78 is -7.46. The van der Waals surface area contributed by atoms with E-state index in [0.717, 1.165) is 20.8 Å². The standard InChI is InChI=1S/3C6H9O3.Fe/c3*1-3-5(4(2)7)6(8)9;/h3*3H2,1-2H3,(H,8,9);. The van der Waals surface area contributed by atoms with Gasteiger partial charge in [-0.05, 0) is 0 Å². The third-order valence-electron chi connectivity index (χ3n) is 4.99. The number of carboxylic acid groups (broad SMARTS) is 3. The van der Waals surface area contributed by atoms with Gasteiger partial charge in [-0.3, -0.25) is 0 Å². The summed E-state index contributed by atoms with van der Waals surface area (Å²) in [6.45, 7) is 6.67. The molecule has 0 aliphatic rings. The average Bonchev–Trinajstić information content (AvgIpc) is 2.55. The van der Waals surface area contributed by atoms with Gasteiger partial charge in [0.2, 0.25) is 0 Å². The molecule has 0 saturated heterocycles. The number of aliphatic carboxylic acids is 3. The summed E-state index contributed by atoms with van der Waals surface area (Å²) in [5.74, 6) is -8.15. The fraction of sp³-hybridized carbons (Fsp3) is 0.667. The first-order chi connectivity index (χ1) is 12.7. The van der Waals surface area contributed by atoms with Crippen molar-refractivity contribution >= 4 is 35.3 Å². The molecule has 0 saturated carbocycles. The fourth-order valence-corrected chi connectivity index (χ4v) is 8.86. The SMILES string of the molecule is CC[C](C(C)=O)(C(=O)O)[Fe]([C](CC)(C(C)=O)C(=O)O)[C](CC)(C(C)=O)C(=O)O. The number of ketones is 3. The van der Waals surface area contributed by atoms with Crippen molar-refractivity contribution < 1.29 is 58.0 Å². The quantitative estimate of drug-likeness (QED) is 0.303. The number of carbonyl (C=O) groups is 6. The molecule has 0 aliphatic carbocycles.